The number of piperidine rings is 1. The number of halogens is 3. The minimum absolute atomic E-state index is 0.257. The summed E-state index contributed by atoms with van der Waals surface area (Å²) in [7, 11) is 2.03. The van der Waals surface area contributed by atoms with Crippen molar-refractivity contribution < 1.29 is 32.6 Å². The van der Waals surface area contributed by atoms with Gasteiger partial charge >= 0.3 is 18.2 Å². The Morgan fingerprint density at radius 2 is 2.00 bits per heavy atom. The average molecular weight is 490 g/mol. The van der Waals surface area contributed by atoms with E-state index < -0.39 is 29.4 Å². The van der Waals surface area contributed by atoms with E-state index in [1.807, 2.05) is 19.2 Å². The molecule has 2 N–H and O–H groups in total. The number of aromatic amines is 1. The fourth-order valence-electron chi connectivity index (χ4n) is 4.77. The molecule has 2 fully saturated rings. The number of nitrogens with one attached hydrogen (secondary N) is 1. The second-order valence-corrected chi connectivity index (χ2v) is 9.36. The van der Waals surface area contributed by atoms with E-state index in [-0.39, 0.29) is 13.1 Å². The van der Waals surface area contributed by atoms with Crippen molar-refractivity contribution in [1.82, 2.24) is 24.3 Å². The summed E-state index contributed by atoms with van der Waals surface area (Å²) in [5.41, 5.74) is -0.0586. The SMILES string of the molecule is C[N+]1(c2ccc(-c3nc4ccc(C(F)(F)F)cc4[nH]3)cn2)CCC2(CC1)CN(CC(=O)O)C(=O)O2. The highest BCUT2D eigenvalue weighted by Crippen LogP contribution is 2.37. The number of alkyl halides is 3. The number of hydrogen-bond acceptors (Lipinski definition) is 5. The first-order valence-electron chi connectivity index (χ1n) is 11.0. The summed E-state index contributed by atoms with van der Waals surface area (Å²) in [4.78, 5) is 36.2. The molecule has 184 valence electrons. The smallest absolute Gasteiger partial charge is 0.416 e. The standard InChI is InChI=1S/C23H22F3N5O4/c1-31(8-6-22(7-9-31)13-30(12-19(32)33)21(34)35-22)18-5-2-14(11-27-18)20-28-16-4-3-15(23(24,25)26)10-17(16)29-20/h2-5,10-11H,6-9,12-13H2,1H3,(H-,28,29,32,33)/p+1. The van der Waals surface area contributed by atoms with Crippen LogP contribution in [0.25, 0.3) is 22.4 Å². The first kappa shape index (κ1) is 23.1. The summed E-state index contributed by atoms with van der Waals surface area (Å²) in [6, 6.07) is 7.06. The predicted octanol–water partition coefficient (Wildman–Crippen LogP) is 3.65. The van der Waals surface area contributed by atoms with Crippen LogP contribution in [0.4, 0.5) is 23.8 Å². The van der Waals surface area contributed by atoms with Gasteiger partial charge in [-0.3, -0.25) is 14.2 Å². The minimum atomic E-state index is -4.43. The average Bonchev–Trinajstić information content (AvgIpc) is 3.36. The van der Waals surface area contributed by atoms with Gasteiger partial charge in [0.15, 0.2) is 0 Å². The molecule has 3 aromatic rings. The molecule has 9 nitrogen and oxygen atoms in total. The first-order chi connectivity index (χ1) is 16.5. The number of fused-ring (bicyclic) bond motifs is 1. The van der Waals surface area contributed by atoms with Crippen LogP contribution in [0.5, 0.6) is 0 Å². The predicted molar refractivity (Wildman–Crippen MR) is 119 cm³/mol. The fraction of sp³-hybridized carbons (Fsp3) is 0.391. The lowest BCUT2D eigenvalue weighted by molar-refractivity contribution is -0.138. The first-order valence-corrected chi connectivity index (χ1v) is 11.0. The molecule has 5 rings (SSSR count). The Balaban J connectivity index is 1.30. The summed E-state index contributed by atoms with van der Waals surface area (Å²) in [5.74, 6) is 0.144. The molecule has 2 saturated heterocycles. The number of amides is 1. The molecule has 0 radical (unpaired) electrons. The van der Waals surface area contributed by atoms with Crippen molar-refractivity contribution in [3.05, 3.63) is 42.1 Å². The minimum Gasteiger partial charge on any atom is -0.480 e. The van der Waals surface area contributed by atoms with Crippen molar-refractivity contribution in [1.29, 1.82) is 0 Å². The van der Waals surface area contributed by atoms with Gasteiger partial charge in [-0.25, -0.2) is 14.8 Å². The zero-order valence-corrected chi connectivity index (χ0v) is 18.8. The molecular weight excluding hydrogens is 467 g/mol. The number of aromatic nitrogens is 3. The third kappa shape index (κ3) is 4.29. The van der Waals surface area contributed by atoms with Crippen molar-refractivity contribution in [2.45, 2.75) is 24.6 Å². The van der Waals surface area contributed by atoms with Crippen molar-refractivity contribution in [2.24, 2.45) is 0 Å². The summed E-state index contributed by atoms with van der Waals surface area (Å²) >= 11 is 0. The maximum Gasteiger partial charge on any atom is 0.416 e. The molecule has 35 heavy (non-hydrogen) atoms. The molecule has 12 heteroatoms. The number of aliphatic carboxylic acids is 1. The van der Waals surface area contributed by atoms with Gasteiger partial charge in [0.25, 0.3) is 0 Å². The van der Waals surface area contributed by atoms with Crippen LogP contribution in [0.2, 0.25) is 0 Å². The highest BCUT2D eigenvalue weighted by Gasteiger charge is 2.51. The number of nitrogens with zero attached hydrogens (tertiary/aromatic N) is 4. The molecule has 1 amide bonds. The van der Waals surface area contributed by atoms with E-state index in [1.54, 1.807) is 6.20 Å². The van der Waals surface area contributed by atoms with Crippen LogP contribution in [-0.4, -0.2) is 75.8 Å². The second kappa shape index (κ2) is 7.94. The third-order valence-corrected chi connectivity index (χ3v) is 6.87. The lowest BCUT2D eigenvalue weighted by atomic mass is 9.90. The summed E-state index contributed by atoms with van der Waals surface area (Å²) in [5, 5.41) is 8.99. The highest BCUT2D eigenvalue weighted by atomic mass is 19.4. The number of likely N-dealkylation sites (tertiary alicyclic amines) is 1. The van der Waals surface area contributed by atoms with Crippen molar-refractivity contribution >= 4 is 28.9 Å². The zero-order valence-electron chi connectivity index (χ0n) is 18.8. The molecule has 0 aliphatic carbocycles. The summed E-state index contributed by atoms with van der Waals surface area (Å²) < 4.78 is 45.1. The number of H-pyrrole nitrogens is 1. The molecule has 0 atom stereocenters. The van der Waals surface area contributed by atoms with Gasteiger partial charge in [0.1, 0.15) is 18.0 Å². The second-order valence-electron chi connectivity index (χ2n) is 9.36. The van der Waals surface area contributed by atoms with Crippen LogP contribution in [0.3, 0.4) is 0 Å². The van der Waals surface area contributed by atoms with Gasteiger partial charge in [-0.2, -0.15) is 13.2 Å². The number of imidazole rings is 1. The van der Waals surface area contributed by atoms with Crippen LogP contribution in [0.15, 0.2) is 36.5 Å². The number of quaternary nitrogens is 1. The van der Waals surface area contributed by atoms with E-state index in [0.29, 0.717) is 52.8 Å². The van der Waals surface area contributed by atoms with Gasteiger partial charge in [-0.15, -0.1) is 0 Å². The molecule has 0 bridgehead atoms. The number of pyridine rings is 1. The number of carbonyl (C=O) groups is 2. The molecule has 2 aromatic heterocycles. The third-order valence-electron chi connectivity index (χ3n) is 6.87. The zero-order chi connectivity index (χ0) is 25.0. The summed E-state index contributed by atoms with van der Waals surface area (Å²) in [6.07, 6.45) is -2.26. The lowest BCUT2D eigenvalue weighted by Gasteiger charge is -2.42. The number of hydrogen-bond donors (Lipinski definition) is 2. The van der Waals surface area contributed by atoms with E-state index in [2.05, 4.69) is 15.0 Å². The normalized spacial score (nSPS) is 24.8. The van der Waals surface area contributed by atoms with E-state index in [0.717, 1.165) is 18.0 Å². The fourth-order valence-corrected chi connectivity index (χ4v) is 4.77. The van der Waals surface area contributed by atoms with Crippen LogP contribution in [0, 0.1) is 0 Å². The van der Waals surface area contributed by atoms with Gasteiger partial charge < -0.3 is 14.8 Å². The van der Waals surface area contributed by atoms with Gasteiger partial charge in [0, 0.05) is 30.7 Å². The molecular formula is C23H23F3N5O4+. The molecule has 2 aliphatic rings. The van der Waals surface area contributed by atoms with Crippen LogP contribution in [-0.2, 0) is 15.7 Å². The molecule has 1 spiro atoms. The van der Waals surface area contributed by atoms with Crippen molar-refractivity contribution in [3.8, 4) is 11.4 Å². The molecule has 2 aliphatic heterocycles. The Labute approximate surface area is 197 Å². The number of benzene rings is 1. The quantitative estimate of drug-likeness (QED) is 0.541. The Hall–Kier alpha value is -3.67. The van der Waals surface area contributed by atoms with Crippen LogP contribution < -0.4 is 4.48 Å². The number of carboxylic acid groups (broad SMARTS) is 1. The van der Waals surface area contributed by atoms with E-state index in [4.69, 9.17) is 9.84 Å². The molecule has 0 unspecified atom stereocenters. The van der Waals surface area contributed by atoms with Gasteiger partial charge in [-0.1, -0.05) is 0 Å². The lowest BCUT2D eigenvalue weighted by Crippen LogP contribution is -2.57. The Morgan fingerprint density at radius 1 is 1.26 bits per heavy atom. The monoisotopic (exact) mass is 490 g/mol. The summed E-state index contributed by atoms with van der Waals surface area (Å²) in [6.45, 7) is 1.17. The number of rotatable bonds is 4. The van der Waals surface area contributed by atoms with Crippen molar-refractivity contribution in [2.75, 3.05) is 33.2 Å². The Morgan fingerprint density at radius 3 is 2.63 bits per heavy atom. The van der Waals surface area contributed by atoms with E-state index in [1.165, 1.54) is 11.0 Å². The van der Waals surface area contributed by atoms with Crippen LogP contribution >= 0.6 is 0 Å². The topological polar surface area (TPSA) is 108 Å². The van der Waals surface area contributed by atoms with Gasteiger partial charge in [0.2, 0.25) is 5.82 Å². The molecule has 1 aromatic carbocycles. The Kier molecular flexibility index (Phi) is 5.24. The largest absolute Gasteiger partial charge is 0.480 e. The number of carboxylic acids is 1. The van der Waals surface area contributed by atoms with Gasteiger partial charge in [-0.05, 0) is 24.3 Å². The van der Waals surface area contributed by atoms with Crippen LogP contribution in [0.1, 0.15) is 18.4 Å². The van der Waals surface area contributed by atoms with E-state index in [9.17, 15) is 22.8 Å². The number of carbonyl (C=O) groups excluding carboxylic acids is 1. The maximum absolute atomic E-state index is 13.0. The molecule has 0 saturated carbocycles. The number of ether oxygens (including phenoxy) is 1. The van der Waals surface area contributed by atoms with Crippen molar-refractivity contribution in [3.63, 3.8) is 0 Å². The molecule has 4 heterocycles. The Bertz CT molecular complexity index is 1300. The maximum atomic E-state index is 13.0. The highest BCUT2D eigenvalue weighted by molar-refractivity contribution is 5.80. The van der Waals surface area contributed by atoms with E-state index >= 15 is 0 Å². The van der Waals surface area contributed by atoms with Gasteiger partial charge in [0.05, 0.1) is 43.3 Å².